The Morgan fingerprint density at radius 3 is 2.71 bits per heavy atom. The van der Waals surface area contributed by atoms with Gasteiger partial charge in [0.2, 0.25) is 0 Å². The Balaban J connectivity index is 1.63. The Hall–Kier alpha value is -4.54. The molecule has 0 spiro atoms. The van der Waals surface area contributed by atoms with Crippen LogP contribution in [0.5, 0.6) is 0 Å². The van der Waals surface area contributed by atoms with Gasteiger partial charge in [-0.25, -0.2) is 14.5 Å². The molecule has 164 valence electrons. The average Bonchev–Trinajstić information content (AvgIpc) is 3.48. The first-order valence-electron chi connectivity index (χ1n) is 10.5. The highest BCUT2D eigenvalue weighted by Gasteiger charge is 2.49. The average molecular weight is 465 g/mol. The first-order chi connectivity index (χ1) is 16.6. The van der Waals surface area contributed by atoms with E-state index in [-0.39, 0.29) is 5.56 Å². The summed E-state index contributed by atoms with van der Waals surface area (Å²) in [5, 5.41) is 15.0. The Labute approximate surface area is 198 Å². The number of benzene rings is 1. The summed E-state index contributed by atoms with van der Waals surface area (Å²) in [5.41, 5.74) is 2.13. The van der Waals surface area contributed by atoms with Crippen LogP contribution in [0.1, 0.15) is 23.4 Å². The SMILES string of the molecule is C#Cc1ccn2nc([C@]3(S)CCN3c3ncnc4[nH]cc(C#N)c34)n(-c3ccccc3)c(=O)c12. The quantitative estimate of drug-likeness (QED) is 0.314. The van der Waals surface area contributed by atoms with E-state index in [0.717, 1.165) is 0 Å². The van der Waals surface area contributed by atoms with Gasteiger partial charge in [-0.2, -0.15) is 10.4 Å². The van der Waals surface area contributed by atoms with Crippen LogP contribution in [0.2, 0.25) is 0 Å². The normalized spacial score (nSPS) is 17.4. The number of nitrogens with one attached hydrogen (secondary N) is 1. The lowest BCUT2D eigenvalue weighted by molar-refractivity contribution is 0.382. The lowest BCUT2D eigenvalue weighted by atomic mass is 9.99. The number of hydrogen-bond acceptors (Lipinski definition) is 7. The first-order valence-corrected chi connectivity index (χ1v) is 10.9. The maximum atomic E-state index is 13.8. The van der Waals surface area contributed by atoms with Crippen LogP contribution < -0.4 is 10.5 Å². The van der Waals surface area contributed by atoms with E-state index in [1.807, 2.05) is 35.2 Å². The van der Waals surface area contributed by atoms with Gasteiger partial charge in [0.25, 0.3) is 5.56 Å². The molecule has 0 aliphatic carbocycles. The van der Waals surface area contributed by atoms with Crippen LogP contribution in [0.4, 0.5) is 5.82 Å². The predicted molar refractivity (Wildman–Crippen MR) is 130 cm³/mol. The van der Waals surface area contributed by atoms with Crippen molar-refractivity contribution in [2.75, 3.05) is 11.4 Å². The molecule has 0 bridgehead atoms. The van der Waals surface area contributed by atoms with Crippen LogP contribution >= 0.6 is 12.6 Å². The Morgan fingerprint density at radius 2 is 2.00 bits per heavy atom. The molecule has 0 radical (unpaired) electrons. The van der Waals surface area contributed by atoms with Crippen molar-refractivity contribution in [1.82, 2.24) is 29.1 Å². The van der Waals surface area contributed by atoms with Gasteiger partial charge in [-0.15, -0.1) is 19.1 Å². The summed E-state index contributed by atoms with van der Waals surface area (Å²) in [6, 6.07) is 13.1. The molecule has 0 unspecified atom stereocenters. The summed E-state index contributed by atoms with van der Waals surface area (Å²) in [6.07, 6.45) is 11.0. The Kier molecular flexibility index (Phi) is 4.28. The number of fused-ring (bicyclic) bond motifs is 2. The summed E-state index contributed by atoms with van der Waals surface area (Å²) < 4.78 is 3.06. The summed E-state index contributed by atoms with van der Waals surface area (Å²) in [4.78, 5) is 26.5. The van der Waals surface area contributed by atoms with E-state index in [1.165, 1.54) is 10.8 Å². The van der Waals surface area contributed by atoms with Gasteiger partial charge in [-0.1, -0.05) is 24.1 Å². The van der Waals surface area contributed by atoms with E-state index < -0.39 is 4.87 Å². The fourth-order valence-corrected chi connectivity index (χ4v) is 4.89. The number of aromatic nitrogens is 6. The minimum Gasteiger partial charge on any atom is -0.345 e. The largest absolute Gasteiger partial charge is 0.345 e. The molecule has 1 saturated heterocycles. The molecule has 0 amide bonds. The minimum absolute atomic E-state index is 0.290. The highest BCUT2D eigenvalue weighted by Crippen LogP contribution is 2.47. The zero-order valence-corrected chi connectivity index (χ0v) is 18.6. The molecule has 34 heavy (non-hydrogen) atoms. The molecule has 0 saturated carbocycles. The summed E-state index contributed by atoms with van der Waals surface area (Å²) in [7, 11) is 0. The van der Waals surface area contributed by atoms with Crippen molar-refractivity contribution in [2.24, 2.45) is 0 Å². The van der Waals surface area contributed by atoms with Gasteiger partial charge in [-0.3, -0.25) is 9.36 Å². The van der Waals surface area contributed by atoms with Gasteiger partial charge in [0.1, 0.15) is 34.2 Å². The topological polar surface area (TPSA) is 108 Å². The third kappa shape index (κ3) is 2.63. The van der Waals surface area contributed by atoms with Crippen molar-refractivity contribution in [3.8, 4) is 24.1 Å². The lowest BCUT2D eigenvalue weighted by Gasteiger charge is -2.50. The Bertz CT molecular complexity index is 1740. The molecule has 1 N–H and O–H groups in total. The first kappa shape index (κ1) is 20.1. The number of hydrogen-bond donors (Lipinski definition) is 2. The fraction of sp³-hybridized carbons (Fsp3) is 0.125. The molecule has 10 heteroatoms. The third-order valence-electron chi connectivity index (χ3n) is 6.17. The van der Waals surface area contributed by atoms with Crippen LogP contribution in [-0.4, -0.2) is 35.7 Å². The van der Waals surface area contributed by atoms with Crippen molar-refractivity contribution in [3.05, 3.63) is 82.4 Å². The summed E-state index contributed by atoms with van der Waals surface area (Å²) in [5.74, 6) is 3.54. The van der Waals surface area contributed by atoms with E-state index in [1.54, 1.807) is 23.0 Å². The van der Waals surface area contributed by atoms with Crippen molar-refractivity contribution in [3.63, 3.8) is 0 Å². The van der Waals surface area contributed by atoms with E-state index >= 15 is 0 Å². The lowest BCUT2D eigenvalue weighted by Crippen LogP contribution is -2.57. The smallest absolute Gasteiger partial charge is 0.283 e. The van der Waals surface area contributed by atoms with Gasteiger partial charge in [0.15, 0.2) is 5.82 Å². The maximum absolute atomic E-state index is 13.8. The van der Waals surface area contributed by atoms with Gasteiger partial charge in [0, 0.05) is 25.4 Å². The molecular formula is C24H16N8OS. The van der Waals surface area contributed by atoms with Crippen molar-refractivity contribution >= 4 is 35.0 Å². The molecular weight excluding hydrogens is 448 g/mol. The molecule has 5 aromatic rings. The molecule has 1 aliphatic rings. The van der Waals surface area contributed by atoms with Crippen LogP contribution in [0.15, 0.2) is 59.9 Å². The number of nitrogens with zero attached hydrogens (tertiary/aromatic N) is 7. The number of terminal acetylenes is 1. The summed E-state index contributed by atoms with van der Waals surface area (Å²) >= 11 is 5.06. The second-order valence-electron chi connectivity index (χ2n) is 7.92. The van der Waals surface area contributed by atoms with Crippen LogP contribution in [0, 0.1) is 23.7 Å². The Morgan fingerprint density at radius 1 is 1.18 bits per heavy atom. The molecule has 4 aromatic heterocycles. The molecule has 1 aliphatic heterocycles. The van der Waals surface area contributed by atoms with Crippen molar-refractivity contribution in [2.45, 2.75) is 11.3 Å². The molecule has 1 atom stereocenters. The van der Waals surface area contributed by atoms with Gasteiger partial charge in [-0.05, 0) is 18.2 Å². The number of aromatic amines is 1. The summed E-state index contributed by atoms with van der Waals surface area (Å²) in [6.45, 7) is 0.607. The minimum atomic E-state index is -0.977. The molecule has 5 heterocycles. The monoisotopic (exact) mass is 464 g/mol. The molecule has 1 aromatic carbocycles. The molecule has 6 rings (SSSR count). The molecule has 9 nitrogen and oxygen atoms in total. The second-order valence-corrected chi connectivity index (χ2v) is 8.66. The number of thiol groups is 1. The van der Waals surface area contributed by atoms with Crippen LogP contribution in [-0.2, 0) is 4.87 Å². The highest BCUT2D eigenvalue weighted by atomic mass is 32.1. The number of nitriles is 1. The number of H-pyrrole nitrogens is 1. The zero-order valence-electron chi connectivity index (χ0n) is 17.7. The highest BCUT2D eigenvalue weighted by molar-refractivity contribution is 7.81. The van der Waals surface area contributed by atoms with Gasteiger partial charge in [0.05, 0.1) is 22.2 Å². The van der Waals surface area contributed by atoms with E-state index in [0.29, 0.717) is 58.0 Å². The van der Waals surface area contributed by atoms with Crippen LogP contribution in [0.3, 0.4) is 0 Å². The van der Waals surface area contributed by atoms with Crippen molar-refractivity contribution in [1.29, 1.82) is 5.26 Å². The number of rotatable bonds is 3. The second kappa shape index (κ2) is 7.24. The standard InChI is InChI=1S/C24H16N8OS/c1-2-15-8-10-31-19(15)22(33)32(17-6-4-3-5-7-17)23(29-31)24(34)9-11-30(24)21-18-16(12-25)13-26-20(18)27-14-28-21/h1,3-8,10,13-14,34H,9,11H2,(H,26,27,28)/t24-/m1/s1. The third-order valence-corrected chi connectivity index (χ3v) is 6.84. The van der Waals surface area contributed by atoms with Gasteiger partial charge >= 0.3 is 0 Å². The van der Waals surface area contributed by atoms with E-state index in [2.05, 4.69) is 26.9 Å². The van der Waals surface area contributed by atoms with Crippen LogP contribution in [0.25, 0.3) is 22.2 Å². The number of para-hydroxylation sites is 1. The van der Waals surface area contributed by atoms with Crippen molar-refractivity contribution < 1.29 is 0 Å². The predicted octanol–water partition coefficient (Wildman–Crippen LogP) is 2.60. The van der Waals surface area contributed by atoms with E-state index in [4.69, 9.17) is 24.2 Å². The maximum Gasteiger partial charge on any atom is 0.283 e. The van der Waals surface area contributed by atoms with E-state index in [9.17, 15) is 10.1 Å². The number of anilines is 1. The van der Waals surface area contributed by atoms with Gasteiger partial charge < -0.3 is 9.88 Å². The fourth-order valence-electron chi connectivity index (χ4n) is 4.45. The zero-order chi connectivity index (χ0) is 23.4. The molecule has 1 fully saturated rings.